The van der Waals surface area contributed by atoms with E-state index < -0.39 is 12.1 Å². The zero-order valence-corrected chi connectivity index (χ0v) is 29.7. The maximum absolute atomic E-state index is 12.3. The standard InChI is InChI=1S/C40H77NO3/c1-3-5-7-9-11-13-15-17-18-19-20-21-22-24-26-28-30-32-34-36-40(44)41-38(37-42)39(43)35-33-31-29-27-25-23-16-14-12-10-8-6-4-2/h31,35,38-39,42-43H,3-30,32,34,36-37H2,1-2H3,(H,41,44). The second-order valence-corrected chi connectivity index (χ2v) is 13.5. The molecule has 0 saturated carbocycles. The normalized spacial score (nSPS) is 12.5. The second kappa shape index (κ2) is 36.4. The van der Waals surface area contributed by atoms with Gasteiger partial charge < -0.3 is 15.5 Å². The van der Waals surface area contributed by atoms with Crippen molar-refractivity contribution in [1.29, 1.82) is 0 Å². The van der Waals surface area contributed by atoms with Crippen molar-refractivity contribution in [3.8, 4) is 0 Å². The fraction of sp³-hybridized carbons (Fsp3) is 0.900. The van der Waals surface area contributed by atoms with Gasteiger partial charge >= 0.3 is 0 Å². The molecule has 4 heteroatoms. The summed E-state index contributed by atoms with van der Waals surface area (Å²) in [6, 6.07) is -0.666. The largest absolute Gasteiger partial charge is 0.394 e. The molecule has 2 atom stereocenters. The van der Waals surface area contributed by atoms with Crippen LogP contribution < -0.4 is 5.32 Å². The van der Waals surface area contributed by atoms with Gasteiger partial charge in [0.2, 0.25) is 5.91 Å². The van der Waals surface area contributed by atoms with Crippen molar-refractivity contribution in [2.24, 2.45) is 0 Å². The molecule has 0 aromatic carbocycles. The highest BCUT2D eigenvalue weighted by Crippen LogP contribution is 2.15. The first kappa shape index (κ1) is 42.9. The lowest BCUT2D eigenvalue weighted by atomic mass is 10.0. The van der Waals surface area contributed by atoms with E-state index in [2.05, 4.69) is 24.9 Å². The lowest BCUT2D eigenvalue weighted by Gasteiger charge is -2.19. The van der Waals surface area contributed by atoms with Gasteiger partial charge in [-0.2, -0.15) is 0 Å². The number of aliphatic hydroxyl groups is 2. The summed E-state index contributed by atoms with van der Waals surface area (Å²) in [6.07, 6.45) is 42.6. The Bertz CT molecular complexity index is 643. The molecule has 0 saturated heterocycles. The predicted octanol–water partition coefficient (Wildman–Crippen LogP) is 11.7. The van der Waals surface area contributed by atoms with E-state index in [9.17, 15) is 15.0 Å². The van der Waals surface area contributed by atoms with Crippen LogP contribution in [0.3, 0.4) is 0 Å². The van der Waals surface area contributed by atoms with Gasteiger partial charge in [0, 0.05) is 6.42 Å². The molecule has 44 heavy (non-hydrogen) atoms. The molecule has 0 rings (SSSR count). The van der Waals surface area contributed by atoms with E-state index in [0.717, 1.165) is 25.7 Å². The Morgan fingerprint density at radius 2 is 0.909 bits per heavy atom. The van der Waals surface area contributed by atoms with Crippen LogP contribution in [0.15, 0.2) is 17.9 Å². The Balaban J connectivity index is 3.60. The second-order valence-electron chi connectivity index (χ2n) is 13.5. The molecule has 4 nitrogen and oxygen atoms in total. The van der Waals surface area contributed by atoms with Crippen molar-refractivity contribution in [1.82, 2.24) is 5.32 Å². The van der Waals surface area contributed by atoms with E-state index in [1.807, 2.05) is 6.08 Å². The molecule has 0 heterocycles. The summed E-state index contributed by atoms with van der Waals surface area (Å²) in [5.41, 5.74) is 3.05. The van der Waals surface area contributed by atoms with E-state index in [1.165, 1.54) is 167 Å². The van der Waals surface area contributed by atoms with E-state index in [4.69, 9.17) is 0 Å². The highest BCUT2D eigenvalue weighted by atomic mass is 16.3. The first-order valence-electron chi connectivity index (χ1n) is 19.6. The van der Waals surface area contributed by atoms with Gasteiger partial charge in [-0.05, 0) is 31.4 Å². The molecule has 0 aromatic rings. The van der Waals surface area contributed by atoms with Crippen molar-refractivity contribution in [3.05, 3.63) is 17.9 Å². The highest BCUT2D eigenvalue weighted by molar-refractivity contribution is 5.76. The summed E-state index contributed by atoms with van der Waals surface area (Å²) in [5.74, 6) is -0.0854. The van der Waals surface area contributed by atoms with Crippen LogP contribution in [-0.4, -0.2) is 34.9 Å². The number of carbonyl (C=O) groups excluding carboxylic acids is 1. The number of hydrogen-bond donors (Lipinski definition) is 3. The molecular formula is C40H77NO3. The fourth-order valence-electron chi connectivity index (χ4n) is 5.98. The first-order valence-corrected chi connectivity index (χ1v) is 19.6. The van der Waals surface area contributed by atoms with Crippen LogP contribution in [0.2, 0.25) is 0 Å². The van der Waals surface area contributed by atoms with Gasteiger partial charge in [0.1, 0.15) is 6.10 Å². The predicted molar refractivity (Wildman–Crippen MR) is 192 cm³/mol. The molecule has 0 aliphatic heterocycles. The van der Waals surface area contributed by atoms with Crippen LogP contribution in [0.4, 0.5) is 0 Å². The van der Waals surface area contributed by atoms with Gasteiger partial charge in [0.05, 0.1) is 12.6 Å². The number of carbonyl (C=O) groups is 1. The number of aliphatic hydroxyl groups excluding tert-OH is 2. The molecule has 2 unspecified atom stereocenters. The maximum atomic E-state index is 12.3. The van der Waals surface area contributed by atoms with Crippen LogP contribution in [0.5, 0.6) is 0 Å². The van der Waals surface area contributed by atoms with E-state index in [0.29, 0.717) is 6.42 Å². The van der Waals surface area contributed by atoms with Crippen molar-refractivity contribution >= 4 is 5.91 Å². The minimum atomic E-state index is -0.919. The molecule has 0 fully saturated rings. The Morgan fingerprint density at radius 1 is 0.568 bits per heavy atom. The third kappa shape index (κ3) is 32.3. The van der Waals surface area contributed by atoms with Gasteiger partial charge in [-0.1, -0.05) is 187 Å². The molecule has 260 valence electrons. The summed E-state index contributed by atoms with van der Waals surface area (Å²) in [6.45, 7) is 4.27. The third-order valence-corrected chi connectivity index (χ3v) is 9.05. The van der Waals surface area contributed by atoms with Crippen molar-refractivity contribution in [3.63, 3.8) is 0 Å². The lowest BCUT2D eigenvalue weighted by Crippen LogP contribution is -2.45. The Hall–Kier alpha value is -1.09. The summed E-state index contributed by atoms with van der Waals surface area (Å²) in [4.78, 5) is 12.3. The van der Waals surface area contributed by atoms with Gasteiger partial charge in [-0.25, -0.2) is 0 Å². The monoisotopic (exact) mass is 620 g/mol. The summed E-state index contributed by atoms with van der Waals surface area (Å²) < 4.78 is 0. The summed E-state index contributed by atoms with van der Waals surface area (Å²) >= 11 is 0. The molecule has 0 radical (unpaired) electrons. The zero-order valence-electron chi connectivity index (χ0n) is 29.7. The minimum Gasteiger partial charge on any atom is -0.394 e. The Kier molecular flexibility index (Phi) is 35.5. The van der Waals surface area contributed by atoms with Gasteiger partial charge in [-0.15, -0.1) is 5.73 Å². The smallest absolute Gasteiger partial charge is 0.220 e. The molecule has 0 aliphatic carbocycles. The van der Waals surface area contributed by atoms with Gasteiger partial charge in [0.15, 0.2) is 0 Å². The maximum Gasteiger partial charge on any atom is 0.220 e. The van der Waals surface area contributed by atoms with Crippen LogP contribution in [0.25, 0.3) is 0 Å². The number of hydrogen-bond acceptors (Lipinski definition) is 3. The van der Waals surface area contributed by atoms with E-state index in [-0.39, 0.29) is 12.5 Å². The fourth-order valence-corrected chi connectivity index (χ4v) is 5.98. The minimum absolute atomic E-state index is 0.0854. The summed E-state index contributed by atoms with van der Waals surface area (Å²) in [5, 5.41) is 22.8. The van der Waals surface area contributed by atoms with Crippen LogP contribution in [-0.2, 0) is 4.79 Å². The van der Waals surface area contributed by atoms with E-state index >= 15 is 0 Å². The summed E-state index contributed by atoms with van der Waals surface area (Å²) in [7, 11) is 0. The molecule has 1 amide bonds. The van der Waals surface area contributed by atoms with Gasteiger partial charge in [0.25, 0.3) is 0 Å². The molecular weight excluding hydrogens is 542 g/mol. The number of rotatable bonds is 35. The Labute approximate surface area is 275 Å². The van der Waals surface area contributed by atoms with Crippen molar-refractivity contribution < 1.29 is 15.0 Å². The van der Waals surface area contributed by atoms with E-state index in [1.54, 1.807) is 6.08 Å². The van der Waals surface area contributed by atoms with Crippen molar-refractivity contribution in [2.45, 2.75) is 225 Å². The van der Waals surface area contributed by atoms with Crippen molar-refractivity contribution in [2.75, 3.05) is 6.61 Å². The SMILES string of the molecule is CCCCCCCCCCCCC=C=CC(O)C(CO)NC(=O)CCCCCCCCCCCCCCCCCCCCC. The van der Waals surface area contributed by atoms with Crippen LogP contribution >= 0.6 is 0 Å². The molecule has 0 spiro atoms. The molecule has 0 bridgehead atoms. The Morgan fingerprint density at radius 3 is 1.27 bits per heavy atom. The topological polar surface area (TPSA) is 69.6 Å². The van der Waals surface area contributed by atoms with Gasteiger partial charge in [-0.3, -0.25) is 4.79 Å². The molecule has 3 N–H and O–H groups in total. The zero-order chi connectivity index (χ0) is 32.2. The molecule has 0 aliphatic rings. The first-order chi connectivity index (χ1) is 21.7. The molecule has 0 aromatic heterocycles. The number of nitrogens with one attached hydrogen (secondary N) is 1. The third-order valence-electron chi connectivity index (χ3n) is 9.05. The van der Waals surface area contributed by atoms with Crippen LogP contribution in [0, 0.1) is 0 Å². The quantitative estimate of drug-likeness (QED) is 0.0488. The van der Waals surface area contributed by atoms with Crippen LogP contribution in [0.1, 0.15) is 213 Å². The number of unbranched alkanes of at least 4 members (excludes halogenated alkanes) is 28. The average molecular weight is 620 g/mol. The number of amides is 1. The highest BCUT2D eigenvalue weighted by Gasteiger charge is 2.18. The average Bonchev–Trinajstić information content (AvgIpc) is 3.03. The lowest BCUT2D eigenvalue weighted by molar-refractivity contribution is -0.123.